The lowest BCUT2D eigenvalue weighted by Gasteiger charge is -2.15. The van der Waals surface area contributed by atoms with Crippen LogP contribution >= 0.6 is 15.9 Å². The van der Waals surface area contributed by atoms with Crippen molar-refractivity contribution in [3.63, 3.8) is 0 Å². The van der Waals surface area contributed by atoms with Crippen LogP contribution in [0.4, 0.5) is 0 Å². The van der Waals surface area contributed by atoms with Crippen LogP contribution in [0.2, 0.25) is 0 Å². The molecule has 2 aromatic carbocycles. The number of amides is 1. The van der Waals surface area contributed by atoms with E-state index in [1.54, 1.807) is 19.2 Å². The molecule has 0 radical (unpaired) electrons. The highest BCUT2D eigenvalue weighted by molar-refractivity contribution is 9.10. The van der Waals surface area contributed by atoms with Gasteiger partial charge in [-0.15, -0.1) is 0 Å². The van der Waals surface area contributed by atoms with Crippen molar-refractivity contribution in [3.8, 4) is 11.5 Å². The molecule has 22 heavy (non-hydrogen) atoms. The third-order valence-electron chi connectivity index (χ3n) is 3.15. The van der Waals surface area contributed by atoms with Gasteiger partial charge in [0, 0.05) is 4.47 Å². The Morgan fingerprint density at radius 1 is 1.18 bits per heavy atom. The molecule has 5 heteroatoms. The molecule has 2 aromatic rings. The number of para-hydroxylation sites is 2. The van der Waals surface area contributed by atoms with Crippen LogP contribution in [0.15, 0.2) is 53.0 Å². The predicted octanol–water partition coefficient (Wildman–Crippen LogP) is 3.71. The molecule has 1 atom stereocenters. The van der Waals surface area contributed by atoms with E-state index in [0.717, 1.165) is 10.0 Å². The highest BCUT2D eigenvalue weighted by atomic mass is 79.9. The third kappa shape index (κ3) is 4.49. The van der Waals surface area contributed by atoms with Crippen LogP contribution in [0, 0.1) is 0 Å². The van der Waals surface area contributed by atoms with Crippen LogP contribution in [0.1, 0.15) is 18.5 Å². The summed E-state index contributed by atoms with van der Waals surface area (Å²) in [6.45, 7) is 1.88. The van der Waals surface area contributed by atoms with Gasteiger partial charge in [0.25, 0.3) is 5.91 Å². The molecule has 116 valence electrons. The molecule has 0 aliphatic rings. The van der Waals surface area contributed by atoms with Crippen LogP contribution in [-0.4, -0.2) is 19.6 Å². The first-order chi connectivity index (χ1) is 10.6. The number of hydrogen-bond donors (Lipinski definition) is 1. The summed E-state index contributed by atoms with van der Waals surface area (Å²) in [5.74, 6) is 0.976. The van der Waals surface area contributed by atoms with Gasteiger partial charge in [0.1, 0.15) is 0 Å². The Kier molecular flexibility index (Phi) is 5.83. The minimum Gasteiger partial charge on any atom is -0.493 e. The highest BCUT2D eigenvalue weighted by Crippen LogP contribution is 2.25. The van der Waals surface area contributed by atoms with Crippen LogP contribution in [0.3, 0.4) is 0 Å². The van der Waals surface area contributed by atoms with E-state index >= 15 is 0 Å². The van der Waals surface area contributed by atoms with Crippen molar-refractivity contribution in [2.75, 3.05) is 13.7 Å². The molecule has 0 saturated heterocycles. The van der Waals surface area contributed by atoms with Crippen molar-refractivity contribution in [2.45, 2.75) is 13.0 Å². The summed E-state index contributed by atoms with van der Waals surface area (Å²) in [7, 11) is 1.57. The molecule has 2 rings (SSSR count). The van der Waals surface area contributed by atoms with Crippen LogP contribution < -0.4 is 14.8 Å². The Bertz CT molecular complexity index is 645. The Morgan fingerprint density at radius 2 is 1.91 bits per heavy atom. The Labute approximate surface area is 138 Å². The van der Waals surface area contributed by atoms with E-state index < -0.39 is 0 Å². The van der Waals surface area contributed by atoms with Gasteiger partial charge in [-0.25, -0.2) is 0 Å². The Morgan fingerprint density at radius 3 is 2.59 bits per heavy atom. The number of ether oxygens (including phenoxy) is 2. The largest absolute Gasteiger partial charge is 0.493 e. The molecule has 0 heterocycles. The molecule has 0 fully saturated rings. The molecular weight excluding hydrogens is 346 g/mol. The normalized spacial score (nSPS) is 11.6. The summed E-state index contributed by atoms with van der Waals surface area (Å²) in [6, 6.07) is 15.0. The summed E-state index contributed by atoms with van der Waals surface area (Å²) in [6.07, 6.45) is 0. The second-order valence-corrected chi connectivity index (χ2v) is 5.70. The van der Waals surface area contributed by atoms with Gasteiger partial charge in [-0.05, 0) is 36.8 Å². The number of carbonyl (C=O) groups excluding carboxylic acids is 1. The molecule has 1 amide bonds. The minimum absolute atomic E-state index is 0.0568. The molecule has 1 N–H and O–H groups in total. The molecule has 0 saturated carbocycles. The first-order valence-corrected chi connectivity index (χ1v) is 7.70. The fourth-order valence-corrected chi connectivity index (χ4v) is 2.44. The van der Waals surface area contributed by atoms with Crippen LogP contribution in [0.25, 0.3) is 0 Å². The highest BCUT2D eigenvalue weighted by Gasteiger charge is 2.11. The monoisotopic (exact) mass is 363 g/mol. The van der Waals surface area contributed by atoms with Crippen molar-refractivity contribution in [2.24, 2.45) is 0 Å². The maximum Gasteiger partial charge on any atom is 0.258 e. The van der Waals surface area contributed by atoms with Crippen molar-refractivity contribution < 1.29 is 14.3 Å². The lowest BCUT2D eigenvalue weighted by atomic mass is 10.1. The maximum atomic E-state index is 12.0. The van der Waals surface area contributed by atoms with Gasteiger partial charge in [0.2, 0.25) is 0 Å². The predicted molar refractivity (Wildman–Crippen MR) is 89.2 cm³/mol. The van der Waals surface area contributed by atoms with E-state index in [1.807, 2.05) is 43.3 Å². The van der Waals surface area contributed by atoms with Gasteiger partial charge in [0.05, 0.1) is 13.2 Å². The Hall–Kier alpha value is -2.01. The molecule has 0 spiro atoms. The molecule has 0 aliphatic carbocycles. The topological polar surface area (TPSA) is 47.6 Å². The number of halogens is 1. The number of methoxy groups -OCH3 is 1. The van der Waals surface area contributed by atoms with Gasteiger partial charge in [-0.1, -0.05) is 40.2 Å². The minimum atomic E-state index is -0.182. The quantitative estimate of drug-likeness (QED) is 0.850. The van der Waals surface area contributed by atoms with Crippen molar-refractivity contribution in [1.82, 2.24) is 5.32 Å². The van der Waals surface area contributed by atoms with Crippen molar-refractivity contribution in [1.29, 1.82) is 0 Å². The lowest BCUT2D eigenvalue weighted by molar-refractivity contribution is -0.123. The van der Waals surface area contributed by atoms with Crippen LogP contribution in [0.5, 0.6) is 11.5 Å². The summed E-state index contributed by atoms with van der Waals surface area (Å²) in [5.41, 5.74) is 1.03. The zero-order valence-corrected chi connectivity index (χ0v) is 14.1. The average molecular weight is 364 g/mol. The van der Waals surface area contributed by atoms with E-state index in [4.69, 9.17) is 9.47 Å². The zero-order chi connectivity index (χ0) is 15.9. The molecular formula is C17H18BrNO3. The molecule has 0 aliphatic heterocycles. The fraction of sp³-hybridized carbons (Fsp3) is 0.235. The van der Waals surface area contributed by atoms with E-state index in [1.165, 1.54) is 0 Å². The van der Waals surface area contributed by atoms with Gasteiger partial charge in [-0.2, -0.15) is 0 Å². The molecule has 0 bridgehead atoms. The number of benzene rings is 2. The summed E-state index contributed by atoms with van der Waals surface area (Å²) in [4.78, 5) is 12.0. The lowest BCUT2D eigenvalue weighted by Crippen LogP contribution is -2.31. The van der Waals surface area contributed by atoms with Gasteiger partial charge in [-0.3, -0.25) is 4.79 Å². The number of hydrogen-bond acceptors (Lipinski definition) is 3. The molecule has 0 aromatic heterocycles. The van der Waals surface area contributed by atoms with E-state index in [-0.39, 0.29) is 18.6 Å². The van der Waals surface area contributed by atoms with E-state index in [0.29, 0.717) is 11.5 Å². The first kappa shape index (κ1) is 16.4. The number of rotatable bonds is 6. The Balaban J connectivity index is 1.90. The summed E-state index contributed by atoms with van der Waals surface area (Å²) < 4.78 is 11.7. The second-order valence-electron chi connectivity index (χ2n) is 4.78. The molecule has 1 unspecified atom stereocenters. The SMILES string of the molecule is COc1ccccc1OCC(=O)NC(C)c1cccc(Br)c1. The van der Waals surface area contributed by atoms with E-state index in [9.17, 15) is 4.79 Å². The third-order valence-corrected chi connectivity index (χ3v) is 3.65. The maximum absolute atomic E-state index is 12.0. The average Bonchev–Trinajstić information content (AvgIpc) is 2.53. The van der Waals surface area contributed by atoms with Crippen LogP contribution in [-0.2, 0) is 4.79 Å². The van der Waals surface area contributed by atoms with Crippen molar-refractivity contribution in [3.05, 3.63) is 58.6 Å². The van der Waals surface area contributed by atoms with Crippen molar-refractivity contribution >= 4 is 21.8 Å². The zero-order valence-electron chi connectivity index (χ0n) is 12.5. The molecule has 4 nitrogen and oxygen atoms in total. The summed E-state index contributed by atoms with van der Waals surface area (Å²) in [5, 5.41) is 2.91. The smallest absolute Gasteiger partial charge is 0.258 e. The summed E-state index contributed by atoms with van der Waals surface area (Å²) >= 11 is 3.42. The van der Waals surface area contributed by atoms with E-state index in [2.05, 4.69) is 21.2 Å². The first-order valence-electron chi connectivity index (χ1n) is 6.91. The van der Waals surface area contributed by atoms with Gasteiger partial charge < -0.3 is 14.8 Å². The van der Waals surface area contributed by atoms with Gasteiger partial charge >= 0.3 is 0 Å². The van der Waals surface area contributed by atoms with Gasteiger partial charge in [0.15, 0.2) is 18.1 Å². The fourth-order valence-electron chi connectivity index (χ4n) is 2.02. The standard InChI is InChI=1S/C17H18BrNO3/c1-12(13-6-5-7-14(18)10-13)19-17(20)11-22-16-9-4-3-8-15(16)21-2/h3-10,12H,11H2,1-2H3,(H,19,20). The number of carbonyl (C=O) groups is 1. The number of nitrogens with one attached hydrogen (secondary N) is 1. The second kappa shape index (κ2) is 7.84.